The van der Waals surface area contributed by atoms with Gasteiger partial charge in [0.1, 0.15) is 0 Å². The third kappa shape index (κ3) is 3.48. The van der Waals surface area contributed by atoms with Crippen LogP contribution in [0.4, 0.5) is 5.69 Å². The Morgan fingerprint density at radius 2 is 1.91 bits per heavy atom. The summed E-state index contributed by atoms with van der Waals surface area (Å²) in [7, 11) is 0. The third-order valence-electron chi connectivity index (χ3n) is 3.17. The molecule has 22 heavy (non-hydrogen) atoms. The SMILES string of the molecule is Cc1ccc(NCc2nnc(-c3ccc(Cl)cc3)o2)cc1Br. The lowest BCUT2D eigenvalue weighted by atomic mass is 10.2. The Kier molecular flexibility index (Phi) is 4.45. The number of hydrogen-bond acceptors (Lipinski definition) is 4. The molecule has 0 unspecified atom stereocenters. The lowest BCUT2D eigenvalue weighted by Crippen LogP contribution is -1.99. The lowest BCUT2D eigenvalue weighted by molar-refractivity contribution is 0.515. The van der Waals surface area contributed by atoms with Gasteiger partial charge in [-0.05, 0) is 48.9 Å². The van der Waals surface area contributed by atoms with Crippen LogP contribution in [-0.2, 0) is 6.54 Å². The van der Waals surface area contributed by atoms with Crippen LogP contribution in [0.25, 0.3) is 11.5 Å². The second-order valence-corrected chi connectivity index (χ2v) is 6.12. The molecule has 6 heteroatoms. The monoisotopic (exact) mass is 377 g/mol. The summed E-state index contributed by atoms with van der Waals surface area (Å²) >= 11 is 9.38. The molecule has 0 saturated heterocycles. The Hall–Kier alpha value is -1.85. The number of nitrogens with zero attached hydrogens (tertiary/aromatic N) is 2. The van der Waals surface area contributed by atoms with Crippen LogP contribution in [-0.4, -0.2) is 10.2 Å². The number of nitrogens with one attached hydrogen (secondary N) is 1. The van der Waals surface area contributed by atoms with Crippen molar-refractivity contribution < 1.29 is 4.42 Å². The number of hydrogen-bond donors (Lipinski definition) is 1. The standard InChI is InChI=1S/C16H13BrClN3O/c1-10-2-7-13(8-14(10)17)19-9-15-20-21-16(22-15)11-3-5-12(18)6-4-11/h2-8,19H,9H2,1H3. The van der Waals surface area contributed by atoms with Gasteiger partial charge in [0.25, 0.3) is 0 Å². The van der Waals surface area contributed by atoms with E-state index < -0.39 is 0 Å². The molecular weight excluding hydrogens is 366 g/mol. The molecule has 1 aromatic heterocycles. The van der Waals surface area contributed by atoms with Crippen molar-refractivity contribution >= 4 is 33.2 Å². The summed E-state index contributed by atoms with van der Waals surface area (Å²) in [4.78, 5) is 0. The van der Waals surface area contributed by atoms with Gasteiger partial charge in [-0.25, -0.2) is 0 Å². The number of aryl methyl sites for hydroxylation is 1. The van der Waals surface area contributed by atoms with Crippen molar-refractivity contribution in [3.05, 3.63) is 63.4 Å². The Bertz CT molecular complexity index is 786. The van der Waals surface area contributed by atoms with Crippen LogP contribution >= 0.6 is 27.5 Å². The molecule has 0 atom stereocenters. The molecular formula is C16H13BrClN3O. The topological polar surface area (TPSA) is 51.0 Å². The molecule has 1 heterocycles. The van der Waals surface area contributed by atoms with Gasteiger partial charge in [0.2, 0.25) is 11.8 Å². The number of rotatable bonds is 4. The summed E-state index contributed by atoms with van der Waals surface area (Å²) in [5, 5.41) is 12.0. The second kappa shape index (κ2) is 6.50. The smallest absolute Gasteiger partial charge is 0.247 e. The van der Waals surface area contributed by atoms with Crippen molar-refractivity contribution in [2.24, 2.45) is 0 Å². The van der Waals surface area contributed by atoms with Crippen molar-refractivity contribution in [1.82, 2.24) is 10.2 Å². The average Bonchev–Trinajstić information content (AvgIpc) is 2.98. The van der Waals surface area contributed by atoms with Crippen LogP contribution in [0, 0.1) is 6.92 Å². The van der Waals surface area contributed by atoms with E-state index in [9.17, 15) is 0 Å². The maximum Gasteiger partial charge on any atom is 0.247 e. The Balaban J connectivity index is 1.69. The van der Waals surface area contributed by atoms with Crippen LogP contribution in [0.3, 0.4) is 0 Å². The first-order valence-electron chi connectivity index (χ1n) is 6.70. The molecule has 112 valence electrons. The molecule has 0 radical (unpaired) electrons. The van der Waals surface area contributed by atoms with Gasteiger partial charge in [-0.15, -0.1) is 10.2 Å². The summed E-state index contributed by atoms with van der Waals surface area (Å²) in [5.41, 5.74) is 3.03. The van der Waals surface area contributed by atoms with Crippen LogP contribution in [0.15, 0.2) is 51.4 Å². The van der Waals surface area contributed by atoms with Gasteiger partial charge in [-0.1, -0.05) is 33.6 Å². The molecule has 2 aromatic carbocycles. The third-order valence-corrected chi connectivity index (χ3v) is 4.28. The van der Waals surface area contributed by atoms with Gasteiger partial charge in [0.15, 0.2) is 0 Å². The molecule has 0 spiro atoms. The van der Waals surface area contributed by atoms with E-state index in [-0.39, 0.29) is 0 Å². The molecule has 0 fully saturated rings. The van der Waals surface area contributed by atoms with Crippen molar-refractivity contribution in [1.29, 1.82) is 0 Å². The average molecular weight is 379 g/mol. The van der Waals surface area contributed by atoms with Crippen molar-refractivity contribution in [3.63, 3.8) is 0 Å². The first-order valence-corrected chi connectivity index (χ1v) is 7.87. The van der Waals surface area contributed by atoms with E-state index in [1.807, 2.05) is 37.3 Å². The van der Waals surface area contributed by atoms with E-state index in [1.165, 1.54) is 5.56 Å². The normalized spacial score (nSPS) is 10.7. The van der Waals surface area contributed by atoms with E-state index in [0.29, 0.717) is 23.3 Å². The summed E-state index contributed by atoms with van der Waals surface area (Å²) in [5.74, 6) is 1.01. The second-order valence-electron chi connectivity index (χ2n) is 4.83. The van der Waals surface area contributed by atoms with Crippen LogP contribution < -0.4 is 5.32 Å². The quantitative estimate of drug-likeness (QED) is 0.688. The minimum absolute atomic E-state index is 0.468. The lowest BCUT2D eigenvalue weighted by Gasteiger charge is -2.05. The molecule has 3 rings (SSSR count). The first kappa shape index (κ1) is 15.1. The van der Waals surface area contributed by atoms with Gasteiger partial charge in [-0.3, -0.25) is 0 Å². The minimum Gasteiger partial charge on any atom is -0.419 e. The predicted molar refractivity (Wildman–Crippen MR) is 90.9 cm³/mol. The fourth-order valence-corrected chi connectivity index (χ4v) is 2.42. The Morgan fingerprint density at radius 1 is 1.14 bits per heavy atom. The fourth-order valence-electron chi connectivity index (χ4n) is 1.91. The maximum atomic E-state index is 5.87. The van der Waals surface area contributed by atoms with Gasteiger partial charge in [0.05, 0.1) is 6.54 Å². The van der Waals surface area contributed by atoms with Gasteiger partial charge >= 0.3 is 0 Å². The number of aromatic nitrogens is 2. The molecule has 0 aliphatic heterocycles. The number of benzene rings is 2. The van der Waals surface area contributed by atoms with E-state index in [4.69, 9.17) is 16.0 Å². The molecule has 0 aliphatic rings. The van der Waals surface area contributed by atoms with Crippen LogP contribution in [0.5, 0.6) is 0 Å². The fraction of sp³-hybridized carbons (Fsp3) is 0.125. The predicted octanol–water partition coefficient (Wildman–Crippen LogP) is 5.07. The van der Waals surface area contributed by atoms with Gasteiger partial charge in [0, 0.05) is 20.7 Å². The highest BCUT2D eigenvalue weighted by Crippen LogP contribution is 2.22. The van der Waals surface area contributed by atoms with Gasteiger partial charge in [-0.2, -0.15) is 0 Å². The van der Waals surface area contributed by atoms with E-state index in [2.05, 4.69) is 31.4 Å². The largest absolute Gasteiger partial charge is 0.419 e. The summed E-state index contributed by atoms with van der Waals surface area (Å²) in [6, 6.07) is 13.4. The Labute approximate surface area is 141 Å². The van der Waals surface area contributed by atoms with E-state index >= 15 is 0 Å². The summed E-state index contributed by atoms with van der Waals surface area (Å²) in [6.45, 7) is 2.51. The zero-order valence-electron chi connectivity index (χ0n) is 11.8. The highest BCUT2D eigenvalue weighted by atomic mass is 79.9. The molecule has 4 nitrogen and oxygen atoms in total. The summed E-state index contributed by atoms with van der Waals surface area (Å²) in [6.07, 6.45) is 0. The summed E-state index contributed by atoms with van der Waals surface area (Å²) < 4.78 is 6.71. The zero-order chi connectivity index (χ0) is 15.5. The van der Waals surface area contributed by atoms with Crippen molar-refractivity contribution in [2.45, 2.75) is 13.5 Å². The molecule has 3 aromatic rings. The first-order chi connectivity index (χ1) is 10.6. The minimum atomic E-state index is 0.468. The van der Waals surface area contributed by atoms with E-state index in [0.717, 1.165) is 15.7 Å². The number of anilines is 1. The van der Waals surface area contributed by atoms with E-state index in [1.54, 1.807) is 12.1 Å². The molecule has 0 saturated carbocycles. The maximum absolute atomic E-state index is 5.87. The molecule has 0 bridgehead atoms. The Morgan fingerprint density at radius 3 is 2.64 bits per heavy atom. The molecule has 0 aliphatic carbocycles. The molecule has 0 amide bonds. The highest BCUT2D eigenvalue weighted by Gasteiger charge is 2.08. The highest BCUT2D eigenvalue weighted by molar-refractivity contribution is 9.10. The van der Waals surface area contributed by atoms with Crippen LogP contribution in [0.1, 0.15) is 11.5 Å². The van der Waals surface area contributed by atoms with Crippen molar-refractivity contribution in [2.75, 3.05) is 5.32 Å². The zero-order valence-corrected chi connectivity index (χ0v) is 14.1. The number of halogens is 2. The van der Waals surface area contributed by atoms with Gasteiger partial charge < -0.3 is 9.73 Å². The van der Waals surface area contributed by atoms with Crippen LogP contribution in [0.2, 0.25) is 5.02 Å². The molecule has 1 N–H and O–H groups in total. The van der Waals surface area contributed by atoms with Crippen molar-refractivity contribution in [3.8, 4) is 11.5 Å².